The molecule has 6 heteroatoms. The lowest BCUT2D eigenvalue weighted by Crippen LogP contribution is -2.14. The number of carbonyl (C=O) groups is 1. The summed E-state index contributed by atoms with van der Waals surface area (Å²) in [5.74, 6) is 0.741. The van der Waals surface area contributed by atoms with E-state index in [9.17, 15) is 4.79 Å². The normalized spacial score (nSPS) is 10.5. The van der Waals surface area contributed by atoms with Gasteiger partial charge in [-0.3, -0.25) is 0 Å². The molecule has 1 N–H and O–H groups in total. The molecule has 6 nitrogen and oxygen atoms in total. The minimum Gasteiger partial charge on any atom is -0.463 e. The minimum absolute atomic E-state index is 0.0493. The molecule has 0 bridgehead atoms. The first-order chi connectivity index (χ1) is 9.13. The Morgan fingerprint density at radius 3 is 2.89 bits per heavy atom. The van der Waals surface area contributed by atoms with Gasteiger partial charge in [0.25, 0.3) is 0 Å². The first-order valence-corrected chi connectivity index (χ1v) is 6.36. The molecule has 0 unspecified atom stereocenters. The smallest absolute Gasteiger partial charge is 0.376 e. The number of hydrogen-bond acceptors (Lipinski definition) is 6. The summed E-state index contributed by atoms with van der Waals surface area (Å²) >= 11 is 0. The van der Waals surface area contributed by atoms with Gasteiger partial charge >= 0.3 is 5.97 Å². The molecule has 1 aromatic rings. The number of carbonyl (C=O) groups excluding carboxylic acids is 1. The van der Waals surface area contributed by atoms with Gasteiger partial charge in [-0.25, -0.2) is 14.8 Å². The number of nitrogens with zero attached hydrogens (tertiary/aromatic N) is 2. The van der Waals surface area contributed by atoms with Gasteiger partial charge in [-0.2, -0.15) is 0 Å². The van der Waals surface area contributed by atoms with E-state index < -0.39 is 5.97 Å². The number of methoxy groups -OCH3 is 1. The number of aromatic nitrogens is 2. The SMILES string of the molecule is COC(=O)c1nccc(NCCOCCC(C)C)n1. The van der Waals surface area contributed by atoms with Crippen molar-refractivity contribution in [2.45, 2.75) is 20.3 Å². The van der Waals surface area contributed by atoms with Gasteiger partial charge in [0.1, 0.15) is 5.82 Å². The van der Waals surface area contributed by atoms with Gasteiger partial charge in [0.05, 0.1) is 13.7 Å². The average Bonchev–Trinajstić information content (AvgIpc) is 2.41. The summed E-state index contributed by atoms with van der Waals surface area (Å²) in [5, 5.41) is 3.07. The molecule has 0 aliphatic heterocycles. The molecule has 1 heterocycles. The van der Waals surface area contributed by atoms with Crippen molar-refractivity contribution < 1.29 is 14.3 Å². The van der Waals surface area contributed by atoms with Crippen molar-refractivity contribution in [1.29, 1.82) is 0 Å². The summed E-state index contributed by atoms with van der Waals surface area (Å²) in [6.45, 7) is 6.32. The predicted octanol–water partition coefficient (Wildman–Crippen LogP) is 1.74. The highest BCUT2D eigenvalue weighted by atomic mass is 16.5. The lowest BCUT2D eigenvalue weighted by Gasteiger charge is -2.08. The van der Waals surface area contributed by atoms with E-state index in [4.69, 9.17) is 4.74 Å². The van der Waals surface area contributed by atoms with Crippen LogP contribution in [0.5, 0.6) is 0 Å². The summed E-state index contributed by atoms with van der Waals surface area (Å²) in [7, 11) is 1.30. The molecule has 0 aliphatic rings. The maximum absolute atomic E-state index is 11.2. The van der Waals surface area contributed by atoms with Gasteiger partial charge in [0, 0.05) is 19.3 Å². The van der Waals surface area contributed by atoms with Gasteiger partial charge in [-0.15, -0.1) is 0 Å². The molecule has 0 saturated carbocycles. The third-order valence-corrected chi connectivity index (χ3v) is 2.42. The number of esters is 1. The average molecular weight is 267 g/mol. The van der Waals surface area contributed by atoms with Crippen molar-refractivity contribution in [1.82, 2.24) is 9.97 Å². The maximum atomic E-state index is 11.2. The second-order valence-electron chi connectivity index (χ2n) is 4.48. The number of anilines is 1. The Balaban J connectivity index is 2.27. The molecule has 0 aromatic carbocycles. The van der Waals surface area contributed by atoms with Crippen molar-refractivity contribution in [3.05, 3.63) is 18.1 Å². The number of hydrogen-bond donors (Lipinski definition) is 1. The van der Waals surface area contributed by atoms with E-state index in [2.05, 4.69) is 33.9 Å². The largest absolute Gasteiger partial charge is 0.463 e. The zero-order chi connectivity index (χ0) is 14.1. The fraction of sp³-hybridized carbons (Fsp3) is 0.615. The van der Waals surface area contributed by atoms with Gasteiger partial charge in [-0.05, 0) is 18.4 Å². The van der Waals surface area contributed by atoms with Crippen LogP contribution in [0.3, 0.4) is 0 Å². The standard InChI is InChI=1S/C13H21N3O3/c1-10(2)5-8-19-9-7-14-11-4-6-15-12(16-11)13(17)18-3/h4,6,10H,5,7-9H2,1-3H3,(H,14,15,16). The van der Waals surface area contributed by atoms with Crippen LogP contribution in [0.15, 0.2) is 12.3 Å². The quantitative estimate of drug-likeness (QED) is 0.571. The molecule has 0 amide bonds. The Bertz CT molecular complexity index is 396. The van der Waals surface area contributed by atoms with Crippen LogP contribution in [0.1, 0.15) is 30.9 Å². The van der Waals surface area contributed by atoms with E-state index in [0.717, 1.165) is 13.0 Å². The van der Waals surface area contributed by atoms with Crippen LogP contribution in [0.4, 0.5) is 5.82 Å². The molecule has 1 aromatic heterocycles. The van der Waals surface area contributed by atoms with Crippen LogP contribution < -0.4 is 5.32 Å². The van der Waals surface area contributed by atoms with Gasteiger partial charge in [0.2, 0.25) is 5.82 Å². The van der Waals surface area contributed by atoms with Crippen molar-refractivity contribution in [2.24, 2.45) is 5.92 Å². The first-order valence-electron chi connectivity index (χ1n) is 6.36. The van der Waals surface area contributed by atoms with Crippen LogP contribution in [0.25, 0.3) is 0 Å². The monoisotopic (exact) mass is 267 g/mol. The van der Waals surface area contributed by atoms with Crippen LogP contribution >= 0.6 is 0 Å². The summed E-state index contributed by atoms with van der Waals surface area (Å²) in [4.78, 5) is 19.1. The van der Waals surface area contributed by atoms with Crippen molar-refractivity contribution in [3.8, 4) is 0 Å². The second kappa shape index (κ2) is 8.42. The first kappa shape index (κ1) is 15.4. The van der Waals surface area contributed by atoms with Crippen molar-refractivity contribution >= 4 is 11.8 Å². The Kier molecular flexibility index (Phi) is 6.81. The van der Waals surface area contributed by atoms with E-state index in [1.54, 1.807) is 6.07 Å². The molecular weight excluding hydrogens is 246 g/mol. The third-order valence-electron chi connectivity index (χ3n) is 2.42. The highest BCUT2D eigenvalue weighted by Gasteiger charge is 2.08. The molecule has 0 spiro atoms. The van der Waals surface area contributed by atoms with E-state index in [-0.39, 0.29) is 5.82 Å². The molecule has 0 fully saturated rings. The lowest BCUT2D eigenvalue weighted by molar-refractivity contribution is 0.0587. The molecule has 19 heavy (non-hydrogen) atoms. The molecule has 1 rings (SSSR count). The third kappa shape index (κ3) is 6.15. The summed E-state index contributed by atoms with van der Waals surface area (Å²) in [6, 6.07) is 1.69. The van der Waals surface area contributed by atoms with Crippen molar-refractivity contribution in [3.63, 3.8) is 0 Å². The van der Waals surface area contributed by atoms with Crippen molar-refractivity contribution in [2.75, 3.05) is 32.2 Å². The fourth-order valence-electron chi connectivity index (χ4n) is 1.32. The molecule has 0 aliphatic carbocycles. The number of rotatable bonds is 8. The maximum Gasteiger partial charge on any atom is 0.376 e. The zero-order valence-corrected chi connectivity index (χ0v) is 11.7. The molecule has 106 valence electrons. The van der Waals surface area contributed by atoms with E-state index >= 15 is 0 Å². The van der Waals surface area contributed by atoms with Gasteiger partial charge in [-0.1, -0.05) is 13.8 Å². The molecule has 0 atom stereocenters. The Hall–Kier alpha value is -1.69. The van der Waals surface area contributed by atoms with Gasteiger partial charge in [0.15, 0.2) is 0 Å². The number of nitrogens with one attached hydrogen (secondary N) is 1. The zero-order valence-electron chi connectivity index (χ0n) is 11.7. The van der Waals surface area contributed by atoms with E-state index in [1.165, 1.54) is 13.3 Å². The summed E-state index contributed by atoms with van der Waals surface area (Å²) in [6.07, 6.45) is 2.57. The highest BCUT2D eigenvalue weighted by molar-refractivity contribution is 5.85. The minimum atomic E-state index is -0.545. The summed E-state index contributed by atoms with van der Waals surface area (Å²) < 4.78 is 10.0. The predicted molar refractivity (Wildman–Crippen MR) is 72.1 cm³/mol. The van der Waals surface area contributed by atoms with Gasteiger partial charge < -0.3 is 14.8 Å². The topological polar surface area (TPSA) is 73.3 Å². The van der Waals surface area contributed by atoms with Crippen LogP contribution in [0.2, 0.25) is 0 Å². The molecule has 0 saturated heterocycles. The van der Waals surface area contributed by atoms with Crippen LogP contribution in [-0.4, -0.2) is 42.8 Å². The Labute approximate surface area is 113 Å². The van der Waals surface area contributed by atoms with Crippen LogP contribution in [0, 0.1) is 5.92 Å². The molecule has 0 radical (unpaired) electrons. The molecular formula is C13H21N3O3. The lowest BCUT2D eigenvalue weighted by atomic mass is 10.1. The number of ether oxygens (including phenoxy) is 2. The highest BCUT2D eigenvalue weighted by Crippen LogP contribution is 2.03. The fourth-order valence-corrected chi connectivity index (χ4v) is 1.32. The summed E-state index contributed by atoms with van der Waals surface area (Å²) in [5.41, 5.74) is 0. The second-order valence-corrected chi connectivity index (χ2v) is 4.48. The Morgan fingerprint density at radius 1 is 1.42 bits per heavy atom. The van der Waals surface area contributed by atoms with E-state index in [0.29, 0.717) is 24.9 Å². The van der Waals surface area contributed by atoms with Crippen LogP contribution in [-0.2, 0) is 9.47 Å². The Morgan fingerprint density at radius 2 is 2.21 bits per heavy atom. The van der Waals surface area contributed by atoms with E-state index in [1.807, 2.05) is 0 Å².